The van der Waals surface area contributed by atoms with Crippen molar-refractivity contribution in [1.82, 2.24) is 30.1 Å². The zero-order valence-electron chi connectivity index (χ0n) is 13.8. The average Bonchev–Trinajstić information content (AvgIpc) is 3.32. The Kier molecular flexibility index (Phi) is 4.47. The van der Waals surface area contributed by atoms with Crippen LogP contribution < -0.4 is 0 Å². The number of hydrogen-bond acceptors (Lipinski definition) is 5. The number of hydrogen-bond donors (Lipinski definition) is 0. The maximum atomic E-state index is 13.1. The number of benzene rings is 1. The molecule has 1 fully saturated rings. The zero-order chi connectivity index (χ0) is 17.1. The Morgan fingerprint density at radius 2 is 1.72 bits per heavy atom. The number of likely N-dealkylation sites (tertiary alicyclic amines) is 1. The van der Waals surface area contributed by atoms with Gasteiger partial charge in [-0.2, -0.15) is 0 Å². The second-order valence-electron chi connectivity index (χ2n) is 6.25. The van der Waals surface area contributed by atoms with Crippen molar-refractivity contribution >= 4 is 0 Å². The van der Waals surface area contributed by atoms with Gasteiger partial charge in [0.15, 0.2) is 5.82 Å². The summed E-state index contributed by atoms with van der Waals surface area (Å²) in [5.74, 6) is 0.560. The predicted molar refractivity (Wildman–Crippen MR) is 90.2 cm³/mol. The first-order valence-corrected chi connectivity index (χ1v) is 8.46. The fourth-order valence-corrected chi connectivity index (χ4v) is 3.35. The minimum absolute atomic E-state index is 0.000878. The second-order valence-corrected chi connectivity index (χ2v) is 6.25. The smallest absolute Gasteiger partial charge is 0.173 e. The summed E-state index contributed by atoms with van der Waals surface area (Å²) < 4.78 is 14.9. The maximum absolute atomic E-state index is 13.1. The third-order valence-electron chi connectivity index (χ3n) is 4.58. The Labute approximate surface area is 145 Å². The van der Waals surface area contributed by atoms with Crippen molar-refractivity contribution in [2.45, 2.75) is 25.4 Å². The molecule has 0 N–H and O–H groups in total. The fourth-order valence-electron chi connectivity index (χ4n) is 3.35. The molecule has 4 rings (SSSR count). The molecule has 1 atom stereocenters. The molecule has 0 spiro atoms. The van der Waals surface area contributed by atoms with E-state index in [2.05, 4.69) is 25.4 Å². The van der Waals surface area contributed by atoms with E-state index >= 15 is 0 Å². The molecule has 1 aliphatic rings. The highest BCUT2D eigenvalue weighted by atomic mass is 19.1. The molecule has 1 aliphatic heterocycles. The summed E-state index contributed by atoms with van der Waals surface area (Å²) in [4.78, 5) is 6.53. The third-order valence-corrected chi connectivity index (χ3v) is 4.58. The molecule has 25 heavy (non-hydrogen) atoms. The first-order valence-electron chi connectivity index (χ1n) is 8.46. The van der Waals surface area contributed by atoms with E-state index in [1.165, 1.54) is 25.0 Å². The molecule has 1 saturated heterocycles. The quantitative estimate of drug-likeness (QED) is 0.715. The largest absolute Gasteiger partial charge is 0.290 e. The van der Waals surface area contributed by atoms with Crippen molar-refractivity contribution < 1.29 is 4.39 Å². The maximum Gasteiger partial charge on any atom is 0.173 e. The van der Waals surface area contributed by atoms with E-state index in [4.69, 9.17) is 0 Å². The van der Waals surface area contributed by atoms with Gasteiger partial charge in [-0.15, -0.1) is 5.10 Å². The second kappa shape index (κ2) is 7.06. The van der Waals surface area contributed by atoms with Gasteiger partial charge in [-0.1, -0.05) is 12.1 Å². The van der Waals surface area contributed by atoms with Crippen LogP contribution in [0.25, 0.3) is 0 Å². The van der Waals surface area contributed by atoms with Crippen LogP contribution in [0.2, 0.25) is 0 Å². The van der Waals surface area contributed by atoms with Gasteiger partial charge in [0, 0.05) is 12.4 Å². The molecule has 2 aromatic heterocycles. The van der Waals surface area contributed by atoms with E-state index in [9.17, 15) is 4.39 Å². The highest BCUT2D eigenvalue weighted by molar-refractivity contribution is 5.23. The van der Waals surface area contributed by atoms with Crippen molar-refractivity contribution in [3.05, 3.63) is 71.6 Å². The lowest BCUT2D eigenvalue weighted by Crippen LogP contribution is -2.29. The van der Waals surface area contributed by atoms with Gasteiger partial charge in [0.05, 0.1) is 12.6 Å². The number of tetrazole rings is 1. The predicted octanol–water partition coefficient (Wildman–Crippen LogP) is 2.44. The number of halogens is 1. The monoisotopic (exact) mass is 338 g/mol. The van der Waals surface area contributed by atoms with E-state index in [-0.39, 0.29) is 11.9 Å². The topological polar surface area (TPSA) is 59.7 Å². The molecule has 0 radical (unpaired) electrons. The Bertz CT molecular complexity index is 811. The van der Waals surface area contributed by atoms with Crippen LogP contribution in [0.4, 0.5) is 4.39 Å². The van der Waals surface area contributed by atoms with Crippen LogP contribution in [0.3, 0.4) is 0 Å². The molecule has 128 valence electrons. The zero-order valence-corrected chi connectivity index (χ0v) is 13.8. The fraction of sp³-hybridized carbons (Fsp3) is 0.333. The van der Waals surface area contributed by atoms with Gasteiger partial charge in [0.2, 0.25) is 0 Å². The molecule has 1 aromatic carbocycles. The van der Waals surface area contributed by atoms with E-state index in [1.54, 1.807) is 29.2 Å². The minimum Gasteiger partial charge on any atom is -0.290 e. The lowest BCUT2D eigenvalue weighted by Gasteiger charge is -2.26. The van der Waals surface area contributed by atoms with Gasteiger partial charge in [-0.3, -0.25) is 9.88 Å². The van der Waals surface area contributed by atoms with E-state index in [1.807, 2.05) is 12.1 Å². The molecule has 0 saturated carbocycles. The lowest BCUT2D eigenvalue weighted by molar-refractivity contribution is 0.264. The van der Waals surface area contributed by atoms with Crippen LogP contribution in [-0.4, -0.2) is 43.2 Å². The standard InChI is InChI=1S/C18H19FN6/c19-16-5-3-14(4-6-16)13-25-18(21-22-23-25)17(24-11-1-2-12-24)15-7-9-20-10-8-15/h3-10,17H,1-2,11-13H2. The highest BCUT2D eigenvalue weighted by Crippen LogP contribution is 2.29. The van der Waals surface area contributed by atoms with Crippen molar-refractivity contribution in [3.63, 3.8) is 0 Å². The summed E-state index contributed by atoms with van der Waals surface area (Å²) in [5, 5.41) is 12.4. The summed E-state index contributed by atoms with van der Waals surface area (Å²) in [6, 6.07) is 10.5. The van der Waals surface area contributed by atoms with Gasteiger partial charge in [-0.25, -0.2) is 9.07 Å². The van der Waals surface area contributed by atoms with Crippen LogP contribution in [0.1, 0.15) is 35.8 Å². The summed E-state index contributed by atoms with van der Waals surface area (Å²) in [5.41, 5.74) is 2.09. The molecular formula is C18H19FN6. The van der Waals surface area contributed by atoms with Gasteiger partial charge in [0.25, 0.3) is 0 Å². The average molecular weight is 338 g/mol. The summed E-state index contributed by atoms with van der Waals surface area (Å²) in [7, 11) is 0. The normalized spacial score (nSPS) is 16.2. The van der Waals surface area contributed by atoms with E-state index < -0.39 is 0 Å². The molecule has 3 aromatic rings. The number of pyridine rings is 1. The first kappa shape index (κ1) is 15.8. The van der Waals surface area contributed by atoms with Crippen LogP contribution >= 0.6 is 0 Å². The molecule has 3 heterocycles. The van der Waals surface area contributed by atoms with Crippen molar-refractivity contribution in [2.75, 3.05) is 13.1 Å². The molecule has 0 bridgehead atoms. The molecule has 7 heteroatoms. The highest BCUT2D eigenvalue weighted by Gasteiger charge is 2.29. The van der Waals surface area contributed by atoms with Crippen molar-refractivity contribution in [1.29, 1.82) is 0 Å². The Morgan fingerprint density at radius 3 is 2.44 bits per heavy atom. The Balaban J connectivity index is 1.68. The summed E-state index contributed by atoms with van der Waals surface area (Å²) in [6.07, 6.45) is 5.96. The van der Waals surface area contributed by atoms with Crippen molar-refractivity contribution in [2.24, 2.45) is 0 Å². The molecular weight excluding hydrogens is 319 g/mol. The van der Waals surface area contributed by atoms with Crippen molar-refractivity contribution in [3.8, 4) is 0 Å². The lowest BCUT2D eigenvalue weighted by atomic mass is 10.1. The third kappa shape index (κ3) is 3.41. The first-order chi connectivity index (χ1) is 12.3. The van der Waals surface area contributed by atoms with Gasteiger partial charge in [-0.05, 0) is 71.8 Å². The molecule has 0 aliphatic carbocycles. The Hall–Kier alpha value is -2.67. The number of nitrogens with zero attached hydrogens (tertiary/aromatic N) is 6. The van der Waals surface area contributed by atoms with Gasteiger partial charge >= 0.3 is 0 Å². The van der Waals surface area contributed by atoms with Gasteiger partial charge in [0.1, 0.15) is 5.82 Å². The summed E-state index contributed by atoms with van der Waals surface area (Å²) >= 11 is 0. The van der Waals surface area contributed by atoms with Gasteiger partial charge < -0.3 is 0 Å². The van der Waals surface area contributed by atoms with E-state index in [0.717, 1.165) is 30.0 Å². The molecule has 6 nitrogen and oxygen atoms in total. The number of aromatic nitrogens is 5. The van der Waals surface area contributed by atoms with Crippen LogP contribution in [0, 0.1) is 5.82 Å². The summed E-state index contributed by atoms with van der Waals surface area (Å²) in [6.45, 7) is 2.56. The van der Waals surface area contributed by atoms with Crippen LogP contribution in [0.5, 0.6) is 0 Å². The van der Waals surface area contributed by atoms with Crippen LogP contribution in [0.15, 0.2) is 48.8 Å². The Morgan fingerprint density at radius 1 is 1.00 bits per heavy atom. The van der Waals surface area contributed by atoms with Crippen LogP contribution in [-0.2, 0) is 6.54 Å². The minimum atomic E-state index is -0.243. The molecule has 0 amide bonds. The van der Waals surface area contributed by atoms with E-state index in [0.29, 0.717) is 6.54 Å². The molecule has 1 unspecified atom stereocenters. The number of rotatable bonds is 5. The SMILES string of the molecule is Fc1ccc(Cn2nnnc2C(c2ccncc2)N2CCCC2)cc1.